The maximum Gasteiger partial charge on any atom is 0.247 e. The van der Waals surface area contributed by atoms with Crippen molar-refractivity contribution in [3.63, 3.8) is 0 Å². The molecular formula is C27H34N2O7S. The van der Waals surface area contributed by atoms with Crippen LogP contribution in [0.15, 0.2) is 41.3 Å². The third kappa shape index (κ3) is 6.20. The van der Waals surface area contributed by atoms with E-state index in [0.29, 0.717) is 18.7 Å². The van der Waals surface area contributed by atoms with E-state index in [-0.39, 0.29) is 49.2 Å². The van der Waals surface area contributed by atoms with E-state index in [2.05, 4.69) is 16.7 Å². The Morgan fingerprint density at radius 3 is 2.73 bits per heavy atom. The molecule has 0 unspecified atom stereocenters. The Labute approximate surface area is 218 Å². The maximum atomic E-state index is 13.6. The Morgan fingerprint density at radius 1 is 1.19 bits per heavy atom. The predicted octanol–water partition coefficient (Wildman–Crippen LogP) is 2.31. The van der Waals surface area contributed by atoms with E-state index in [4.69, 9.17) is 18.9 Å². The van der Waals surface area contributed by atoms with Gasteiger partial charge >= 0.3 is 0 Å². The van der Waals surface area contributed by atoms with Crippen molar-refractivity contribution < 1.29 is 32.5 Å². The summed E-state index contributed by atoms with van der Waals surface area (Å²) < 4.78 is 50.9. The van der Waals surface area contributed by atoms with Crippen LogP contribution in [0.1, 0.15) is 25.0 Å². The zero-order chi connectivity index (χ0) is 26.6. The SMILES string of the molecule is COCC#Cc1ccc2c(c1)O[C@@H](CN(C)Cc1ccc3c(c1)OCO3)[C@H](C)CN([C@@H](C)CO)S2(=O)=O. The molecule has 2 aromatic rings. The van der Waals surface area contributed by atoms with Crippen molar-refractivity contribution in [1.82, 2.24) is 9.21 Å². The fourth-order valence-electron chi connectivity index (χ4n) is 4.45. The number of aliphatic hydroxyl groups is 1. The number of rotatable bonds is 7. The number of likely N-dealkylation sites (N-methyl/N-ethyl adjacent to an activating group) is 1. The summed E-state index contributed by atoms with van der Waals surface area (Å²) in [5.74, 6) is 7.46. The molecule has 0 aliphatic carbocycles. The Balaban J connectivity index is 1.63. The molecule has 200 valence electrons. The van der Waals surface area contributed by atoms with Gasteiger partial charge in [0.05, 0.1) is 6.61 Å². The molecule has 2 heterocycles. The Kier molecular flexibility index (Phi) is 8.62. The van der Waals surface area contributed by atoms with E-state index >= 15 is 0 Å². The highest BCUT2D eigenvalue weighted by Crippen LogP contribution is 2.35. The van der Waals surface area contributed by atoms with Crippen molar-refractivity contribution in [3.05, 3.63) is 47.5 Å². The van der Waals surface area contributed by atoms with E-state index in [1.165, 1.54) is 10.4 Å². The normalized spacial score (nSPS) is 21.2. The van der Waals surface area contributed by atoms with Gasteiger partial charge in [0.2, 0.25) is 16.8 Å². The van der Waals surface area contributed by atoms with Crippen molar-refractivity contribution in [3.8, 4) is 29.1 Å². The van der Waals surface area contributed by atoms with Crippen LogP contribution in [0.3, 0.4) is 0 Å². The molecule has 0 bridgehead atoms. The summed E-state index contributed by atoms with van der Waals surface area (Å²) in [6, 6.07) is 10.2. The lowest BCUT2D eigenvalue weighted by atomic mass is 10.0. The Bertz CT molecular complexity index is 1270. The van der Waals surface area contributed by atoms with Crippen LogP contribution in [-0.2, 0) is 21.3 Å². The van der Waals surface area contributed by atoms with Crippen molar-refractivity contribution >= 4 is 10.0 Å². The number of sulfonamides is 1. The van der Waals surface area contributed by atoms with Gasteiger partial charge in [-0.1, -0.05) is 24.8 Å². The summed E-state index contributed by atoms with van der Waals surface area (Å²) in [5, 5.41) is 9.83. The smallest absolute Gasteiger partial charge is 0.247 e. The summed E-state index contributed by atoms with van der Waals surface area (Å²) in [5.41, 5.74) is 1.70. The van der Waals surface area contributed by atoms with Gasteiger partial charge in [-0.15, -0.1) is 0 Å². The quantitative estimate of drug-likeness (QED) is 0.545. The molecular weight excluding hydrogens is 496 g/mol. The largest absolute Gasteiger partial charge is 0.487 e. The number of hydrogen-bond donors (Lipinski definition) is 1. The fourth-order valence-corrected chi connectivity index (χ4v) is 6.28. The summed E-state index contributed by atoms with van der Waals surface area (Å²) >= 11 is 0. The second kappa shape index (κ2) is 11.7. The summed E-state index contributed by atoms with van der Waals surface area (Å²) in [7, 11) is -0.338. The van der Waals surface area contributed by atoms with Gasteiger partial charge in [0.15, 0.2) is 11.5 Å². The van der Waals surface area contributed by atoms with Gasteiger partial charge in [-0.3, -0.25) is 4.90 Å². The van der Waals surface area contributed by atoms with Gasteiger partial charge < -0.3 is 24.1 Å². The molecule has 4 rings (SSSR count). The van der Waals surface area contributed by atoms with Crippen molar-refractivity contribution in [2.24, 2.45) is 5.92 Å². The van der Waals surface area contributed by atoms with Crippen molar-refractivity contribution in [2.45, 2.75) is 37.4 Å². The van der Waals surface area contributed by atoms with Crippen LogP contribution >= 0.6 is 0 Å². The predicted molar refractivity (Wildman–Crippen MR) is 138 cm³/mol. The number of nitrogens with zero attached hydrogens (tertiary/aromatic N) is 2. The van der Waals surface area contributed by atoms with Crippen LogP contribution < -0.4 is 14.2 Å². The van der Waals surface area contributed by atoms with E-state index < -0.39 is 16.1 Å². The first kappa shape index (κ1) is 27.2. The van der Waals surface area contributed by atoms with E-state index in [0.717, 1.165) is 17.1 Å². The lowest BCUT2D eigenvalue weighted by molar-refractivity contribution is 0.0733. The third-order valence-electron chi connectivity index (χ3n) is 6.50. The molecule has 2 aliphatic rings. The first-order valence-electron chi connectivity index (χ1n) is 12.2. The van der Waals surface area contributed by atoms with Crippen LogP contribution in [0, 0.1) is 17.8 Å². The Morgan fingerprint density at radius 2 is 1.97 bits per heavy atom. The first-order chi connectivity index (χ1) is 17.7. The highest BCUT2D eigenvalue weighted by atomic mass is 32.2. The zero-order valence-corrected chi connectivity index (χ0v) is 22.5. The van der Waals surface area contributed by atoms with Gasteiger partial charge in [0.1, 0.15) is 23.4 Å². The number of fused-ring (bicyclic) bond motifs is 2. The van der Waals surface area contributed by atoms with Crippen molar-refractivity contribution in [1.29, 1.82) is 0 Å². The Hall–Kier alpha value is -2.81. The number of aliphatic hydroxyl groups excluding tert-OH is 1. The van der Waals surface area contributed by atoms with Crippen LogP contribution in [0.4, 0.5) is 0 Å². The molecule has 2 aromatic carbocycles. The van der Waals surface area contributed by atoms with Crippen molar-refractivity contribution in [2.75, 3.05) is 47.3 Å². The van der Waals surface area contributed by atoms with E-state index in [1.54, 1.807) is 26.2 Å². The molecule has 9 nitrogen and oxygen atoms in total. The molecule has 0 spiro atoms. The average Bonchev–Trinajstić information content (AvgIpc) is 3.34. The number of hydrogen-bond acceptors (Lipinski definition) is 8. The number of ether oxygens (including phenoxy) is 4. The van der Waals surface area contributed by atoms with Gasteiger partial charge in [-0.25, -0.2) is 8.42 Å². The third-order valence-corrected chi connectivity index (χ3v) is 8.52. The minimum atomic E-state index is -3.90. The molecule has 1 N–H and O–H groups in total. The monoisotopic (exact) mass is 530 g/mol. The second-order valence-corrected chi connectivity index (χ2v) is 11.4. The first-order valence-corrected chi connectivity index (χ1v) is 13.6. The minimum absolute atomic E-state index is 0.0698. The van der Waals surface area contributed by atoms with Crippen LogP contribution in [0.5, 0.6) is 17.2 Å². The molecule has 0 saturated carbocycles. The van der Waals surface area contributed by atoms with Crippen LogP contribution in [0.25, 0.3) is 0 Å². The molecule has 0 saturated heterocycles. The fraction of sp³-hybridized carbons (Fsp3) is 0.481. The van der Waals surface area contributed by atoms with Gasteiger partial charge in [-0.2, -0.15) is 4.31 Å². The van der Waals surface area contributed by atoms with Crippen LogP contribution in [-0.4, -0.2) is 82.1 Å². The molecule has 0 aromatic heterocycles. The molecule has 37 heavy (non-hydrogen) atoms. The molecule has 0 radical (unpaired) electrons. The minimum Gasteiger partial charge on any atom is -0.487 e. The number of methoxy groups -OCH3 is 1. The average molecular weight is 531 g/mol. The highest BCUT2D eigenvalue weighted by Gasteiger charge is 2.38. The lowest BCUT2D eigenvalue weighted by Gasteiger charge is -2.37. The highest BCUT2D eigenvalue weighted by molar-refractivity contribution is 7.89. The molecule has 10 heteroatoms. The molecule has 3 atom stereocenters. The number of benzene rings is 2. The summed E-state index contributed by atoms with van der Waals surface area (Å²) in [6.45, 7) is 5.31. The molecule has 2 aliphatic heterocycles. The molecule has 0 fully saturated rings. The maximum absolute atomic E-state index is 13.6. The molecule has 0 amide bonds. The summed E-state index contributed by atoms with van der Waals surface area (Å²) in [4.78, 5) is 2.21. The second-order valence-electron chi connectivity index (χ2n) is 9.52. The topological polar surface area (TPSA) is 97.8 Å². The summed E-state index contributed by atoms with van der Waals surface area (Å²) in [6.07, 6.45) is -0.316. The lowest BCUT2D eigenvalue weighted by Crippen LogP contribution is -2.49. The van der Waals surface area contributed by atoms with E-state index in [9.17, 15) is 13.5 Å². The van der Waals surface area contributed by atoms with Crippen LogP contribution in [0.2, 0.25) is 0 Å². The standard InChI is InChI=1S/C27H34N2O7S/c1-19-14-29(20(2)17-30)37(31,32)27-10-8-21(6-5-11-33-4)12-25(27)36-26(19)16-28(3)15-22-7-9-23-24(13-22)35-18-34-23/h7-10,12-13,19-20,26,30H,11,14-18H2,1-4H3/t19-,20+,26+/m1/s1. The van der Waals surface area contributed by atoms with E-state index in [1.807, 2.05) is 32.2 Å². The van der Waals surface area contributed by atoms with Gasteiger partial charge in [0, 0.05) is 44.3 Å². The van der Waals surface area contributed by atoms with Gasteiger partial charge in [-0.05, 0) is 49.9 Å². The van der Waals surface area contributed by atoms with Gasteiger partial charge in [0.25, 0.3) is 0 Å². The zero-order valence-electron chi connectivity index (χ0n) is 21.6.